The first-order valence-electron chi connectivity index (χ1n) is 4.28. The highest BCUT2D eigenvalue weighted by molar-refractivity contribution is 5.89. The quantitative estimate of drug-likeness (QED) is 0.576. The van der Waals surface area contributed by atoms with Crippen LogP contribution >= 0.6 is 0 Å². The summed E-state index contributed by atoms with van der Waals surface area (Å²) in [6, 6.07) is 0. The van der Waals surface area contributed by atoms with E-state index in [2.05, 4.69) is 0 Å². The van der Waals surface area contributed by atoms with Crippen molar-refractivity contribution in [2.75, 3.05) is 19.6 Å². The topological polar surface area (TPSA) is 20.3 Å². The van der Waals surface area contributed by atoms with Gasteiger partial charge in [0.1, 0.15) is 5.41 Å². The summed E-state index contributed by atoms with van der Waals surface area (Å²) in [5.74, 6) is -0.641. The van der Waals surface area contributed by atoms with Crippen molar-refractivity contribution in [2.45, 2.75) is 19.0 Å². The fourth-order valence-corrected chi connectivity index (χ4v) is 2.17. The molecule has 2 bridgehead atoms. The van der Waals surface area contributed by atoms with Crippen molar-refractivity contribution in [1.82, 2.24) is 4.90 Å². The van der Waals surface area contributed by atoms with Crippen LogP contribution in [0.3, 0.4) is 0 Å². The van der Waals surface area contributed by atoms with Gasteiger partial charge in [0.2, 0.25) is 0 Å². The van der Waals surface area contributed by atoms with E-state index in [0.717, 1.165) is 0 Å². The fraction of sp³-hybridized carbons (Fsp3) is 0.875. The van der Waals surface area contributed by atoms with Gasteiger partial charge in [-0.3, -0.25) is 9.69 Å². The van der Waals surface area contributed by atoms with Crippen LogP contribution in [0.25, 0.3) is 0 Å². The Kier molecular flexibility index (Phi) is 1.71. The molecule has 0 atom stereocenters. The summed E-state index contributed by atoms with van der Waals surface area (Å²) in [6.45, 7) is 0.802. The average molecular weight is 193 g/mol. The zero-order valence-electron chi connectivity index (χ0n) is 7.02. The second-order valence-electron chi connectivity index (χ2n) is 3.78. The Balaban J connectivity index is 2.33. The first kappa shape index (κ1) is 8.99. The molecule has 0 aliphatic carbocycles. The summed E-state index contributed by atoms with van der Waals surface area (Å²) >= 11 is 0. The summed E-state index contributed by atoms with van der Waals surface area (Å²) in [6.07, 6.45) is -4.44. The standard InChI is InChI=1S/C8H10F3NO/c9-8(10,11)7-1-3-12(4-2-7)5-6(7)13/h1-5H2. The van der Waals surface area contributed by atoms with E-state index < -0.39 is 17.4 Å². The van der Waals surface area contributed by atoms with Crippen LogP contribution in [0.4, 0.5) is 13.2 Å². The SMILES string of the molecule is O=C1CN2CCC1(C(F)(F)F)CC2. The molecule has 2 nitrogen and oxygen atoms in total. The molecule has 3 rings (SSSR count). The molecule has 3 aliphatic rings. The van der Waals surface area contributed by atoms with Crippen molar-refractivity contribution in [3.63, 3.8) is 0 Å². The van der Waals surface area contributed by atoms with Crippen LogP contribution in [0.1, 0.15) is 12.8 Å². The first-order valence-corrected chi connectivity index (χ1v) is 4.28. The molecule has 13 heavy (non-hydrogen) atoms. The number of Topliss-reactive ketones (excluding diaryl/α,β-unsaturated/α-hetero) is 1. The van der Waals surface area contributed by atoms with Gasteiger partial charge in [0.05, 0.1) is 6.54 Å². The van der Waals surface area contributed by atoms with Crippen LogP contribution in [0.5, 0.6) is 0 Å². The Bertz CT molecular complexity index is 240. The maximum Gasteiger partial charge on any atom is 0.401 e. The lowest BCUT2D eigenvalue weighted by atomic mass is 9.70. The molecule has 0 unspecified atom stereocenters. The van der Waals surface area contributed by atoms with E-state index in [1.54, 1.807) is 4.90 Å². The number of hydrogen-bond donors (Lipinski definition) is 0. The summed E-state index contributed by atoms with van der Waals surface area (Å²) < 4.78 is 37.9. The van der Waals surface area contributed by atoms with Crippen LogP contribution in [0, 0.1) is 5.41 Å². The molecule has 0 N–H and O–H groups in total. The molecule has 0 spiro atoms. The molecule has 0 aromatic carbocycles. The van der Waals surface area contributed by atoms with E-state index in [0.29, 0.717) is 13.1 Å². The molecule has 0 saturated carbocycles. The van der Waals surface area contributed by atoms with E-state index in [9.17, 15) is 18.0 Å². The van der Waals surface area contributed by atoms with Crippen LogP contribution in [-0.4, -0.2) is 36.5 Å². The average Bonchev–Trinajstić information content (AvgIpc) is 2.03. The number of rotatable bonds is 0. The number of halogens is 3. The Labute approximate surface area is 73.7 Å². The zero-order chi connectivity index (χ0) is 9.69. The van der Waals surface area contributed by atoms with Gasteiger partial charge in [-0.1, -0.05) is 0 Å². The minimum atomic E-state index is -4.35. The predicted octanol–water partition coefficient (Wildman–Crippen LogP) is 1.21. The lowest BCUT2D eigenvalue weighted by Crippen LogP contribution is -2.61. The maximum absolute atomic E-state index is 12.6. The third-order valence-electron chi connectivity index (χ3n) is 3.15. The van der Waals surface area contributed by atoms with Gasteiger partial charge in [0.15, 0.2) is 5.78 Å². The van der Waals surface area contributed by atoms with E-state index >= 15 is 0 Å². The minimum absolute atomic E-state index is 0.0144. The number of piperidine rings is 3. The highest BCUT2D eigenvalue weighted by Gasteiger charge is 2.62. The fourth-order valence-electron chi connectivity index (χ4n) is 2.17. The third-order valence-corrected chi connectivity index (χ3v) is 3.15. The number of hydrogen-bond acceptors (Lipinski definition) is 2. The van der Waals surface area contributed by atoms with Crippen molar-refractivity contribution in [2.24, 2.45) is 5.41 Å². The van der Waals surface area contributed by atoms with Gasteiger partial charge >= 0.3 is 6.18 Å². The molecular weight excluding hydrogens is 183 g/mol. The van der Waals surface area contributed by atoms with Crippen molar-refractivity contribution in [1.29, 1.82) is 0 Å². The molecule has 3 saturated heterocycles. The molecule has 74 valence electrons. The summed E-state index contributed by atoms with van der Waals surface area (Å²) in [7, 11) is 0. The molecule has 3 fully saturated rings. The molecule has 0 aromatic rings. The highest BCUT2D eigenvalue weighted by Crippen LogP contribution is 2.49. The van der Waals surface area contributed by atoms with E-state index in [4.69, 9.17) is 0 Å². The number of carbonyl (C=O) groups excluding carboxylic acids is 1. The van der Waals surface area contributed by atoms with Crippen molar-refractivity contribution < 1.29 is 18.0 Å². The Morgan fingerprint density at radius 3 is 2.08 bits per heavy atom. The van der Waals surface area contributed by atoms with Crippen molar-refractivity contribution in [3.8, 4) is 0 Å². The second kappa shape index (κ2) is 2.47. The maximum atomic E-state index is 12.6. The number of nitrogens with zero attached hydrogens (tertiary/aromatic N) is 1. The molecule has 5 heteroatoms. The second-order valence-corrected chi connectivity index (χ2v) is 3.78. The third kappa shape index (κ3) is 1.10. The van der Waals surface area contributed by atoms with Crippen LogP contribution in [0.15, 0.2) is 0 Å². The van der Waals surface area contributed by atoms with Crippen LogP contribution in [-0.2, 0) is 4.79 Å². The summed E-state index contributed by atoms with van der Waals surface area (Å²) in [5.41, 5.74) is -2.00. The predicted molar refractivity (Wildman–Crippen MR) is 39.2 cm³/mol. The van der Waals surface area contributed by atoms with Crippen LogP contribution in [0.2, 0.25) is 0 Å². The van der Waals surface area contributed by atoms with Crippen LogP contribution < -0.4 is 0 Å². The molecular formula is C8H10F3NO. The monoisotopic (exact) mass is 193 g/mol. The van der Waals surface area contributed by atoms with Gasteiger partial charge in [-0.2, -0.15) is 13.2 Å². The Hall–Kier alpha value is -0.580. The van der Waals surface area contributed by atoms with Crippen molar-refractivity contribution >= 4 is 5.78 Å². The molecule has 0 radical (unpaired) electrons. The lowest BCUT2D eigenvalue weighted by molar-refractivity contribution is -0.240. The largest absolute Gasteiger partial charge is 0.401 e. The lowest BCUT2D eigenvalue weighted by Gasteiger charge is -2.47. The van der Waals surface area contributed by atoms with Crippen molar-refractivity contribution in [3.05, 3.63) is 0 Å². The van der Waals surface area contributed by atoms with Gasteiger partial charge in [-0.25, -0.2) is 0 Å². The van der Waals surface area contributed by atoms with Gasteiger partial charge in [0, 0.05) is 0 Å². The van der Waals surface area contributed by atoms with Gasteiger partial charge < -0.3 is 0 Å². The Morgan fingerprint density at radius 1 is 1.23 bits per heavy atom. The van der Waals surface area contributed by atoms with Gasteiger partial charge in [-0.05, 0) is 25.9 Å². The smallest absolute Gasteiger partial charge is 0.297 e. The number of ketones is 1. The van der Waals surface area contributed by atoms with E-state index in [1.165, 1.54) is 0 Å². The molecule has 3 aliphatic heterocycles. The zero-order valence-corrected chi connectivity index (χ0v) is 7.02. The normalized spacial score (nSPS) is 39.6. The number of alkyl halides is 3. The summed E-state index contributed by atoms with van der Waals surface area (Å²) in [5, 5.41) is 0. The summed E-state index contributed by atoms with van der Waals surface area (Å²) in [4.78, 5) is 13.1. The number of carbonyl (C=O) groups is 1. The first-order chi connectivity index (χ1) is 5.96. The van der Waals surface area contributed by atoms with E-state index in [-0.39, 0.29) is 19.4 Å². The Morgan fingerprint density at radius 2 is 1.77 bits per heavy atom. The van der Waals surface area contributed by atoms with Gasteiger partial charge in [0.25, 0.3) is 0 Å². The minimum Gasteiger partial charge on any atom is -0.297 e. The molecule has 0 amide bonds. The molecule has 3 heterocycles. The molecule has 0 aromatic heterocycles. The van der Waals surface area contributed by atoms with E-state index in [1.807, 2.05) is 0 Å². The highest BCUT2D eigenvalue weighted by atomic mass is 19.4. The number of fused-ring (bicyclic) bond motifs is 3. The van der Waals surface area contributed by atoms with Gasteiger partial charge in [-0.15, -0.1) is 0 Å².